The molecule has 0 radical (unpaired) electrons. The number of likely N-dealkylation sites (tertiary alicyclic amines) is 1. The molecule has 1 saturated heterocycles. The fraction of sp³-hybridized carbons (Fsp3) is 0.450. The van der Waals surface area contributed by atoms with Gasteiger partial charge < -0.3 is 14.5 Å². The first-order valence-electron chi connectivity index (χ1n) is 9.30. The van der Waals surface area contributed by atoms with Crippen molar-refractivity contribution in [3.05, 3.63) is 48.2 Å². The molecule has 1 aromatic heterocycles. The van der Waals surface area contributed by atoms with Crippen LogP contribution in [0.5, 0.6) is 5.88 Å². The Morgan fingerprint density at radius 3 is 2.65 bits per heavy atom. The Kier molecular flexibility index (Phi) is 6.04. The molecule has 0 spiro atoms. The minimum Gasteiger partial charge on any atom is -0.471 e. The fourth-order valence-corrected chi connectivity index (χ4v) is 3.33. The molecule has 6 nitrogen and oxygen atoms in total. The maximum absolute atomic E-state index is 12.8. The summed E-state index contributed by atoms with van der Waals surface area (Å²) < 4.78 is 5.88. The van der Waals surface area contributed by atoms with E-state index in [0.717, 1.165) is 43.7 Å². The summed E-state index contributed by atoms with van der Waals surface area (Å²) in [6.07, 6.45) is 3.42. The lowest BCUT2D eigenvalue weighted by molar-refractivity contribution is 0.0525. The number of rotatable bonds is 6. The molecule has 6 heteroatoms. The summed E-state index contributed by atoms with van der Waals surface area (Å²) in [4.78, 5) is 17.0. The summed E-state index contributed by atoms with van der Waals surface area (Å²) in [5.74, 6) is 0.568. The minimum absolute atomic E-state index is 0.0423. The van der Waals surface area contributed by atoms with Gasteiger partial charge in [0.2, 0.25) is 5.88 Å². The number of carbonyl (C=O) groups excluding carboxylic acids is 1. The monoisotopic (exact) mass is 354 g/mol. The van der Waals surface area contributed by atoms with Gasteiger partial charge in [-0.1, -0.05) is 0 Å². The van der Waals surface area contributed by atoms with Gasteiger partial charge in [-0.15, -0.1) is 5.10 Å². The van der Waals surface area contributed by atoms with Crippen molar-refractivity contribution in [3.63, 3.8) is 0 Å². The van der Waals surface area contributed by atoms with E-state index in [1.54, 1.807) is 18.3 Å². The molecule has 0 saturated carbocycles. The van der Waals surface area contributed by atoms with Crippen LogP contribution in [-0.4, -0.2) is 53.3 Å². The molecule has 1 unspecified atom stereocenters. The predicted octanol–water partition coefficient (Wildman–Crippen LogP) is 3.01. The van der Waals surface area contributed by atoms with Gasteiger partial charge in [-0.3, -0.25) is 4.79 Å². The first-order chi connectivity index (χ1) is 12.7. The van der Waals surface area contributed by atoms with Gasteiger partial charge >= 0.3 is 0 Å². The molecule has 1 atom stereocenters. The average Bonchev–Trinajstić information content (AvgIpc) is 2.70. The zero-order valence-electron chi connectivity index (χ0n) is 15.5. The lowest BCUT2D eigenvalue weighted by Crippen LogP contribution is -2.44. The molecule has 1 aliphatic heterocycles. The summed E-state index contributed by atoms with van der Waals surface area (Å²) >= 11 is 0. The number of amides is 1. The summed E-state index contributed by atoms with van der Waals surface area (Å²) in [7, 11) is 0. The second-order valence-electron chi connectivity index (χ2n) is 6.41. The van der Waals surface area contributed by atoms with Crippen molar-refractivity contribution in [2.75, 3.05) is 31.1 Å². The molecule has 1 aliphatic rings. The van der Waals surface area contributed by atoms with Gasteiger partial charge in [0, 0.05) is 43.1 Å². The minimum atomic E-state index is -0.0423. The zero-order valence-corrected chi connectivity index (χ0v) is 15.5. The van der Waals surface area contributed by atoms with Crippen LogP contribution in [0.1, 0.15) is 37.0 Å². The number of anilines is 1. The van der Waals surface area contributed by atoms with Crippen LogP contribution in [0.3, 0.4) is 0 Å². The van der Waals surface area contributed by atoms with Crippen molar-refractivity contribution in [1.29, 1.82) is 0 Å². The number of piperidine rings is 1. The van der Waals surface area contributed by atoms with E-state index in [4.69, 9.17) is 4.74 Å². The van der Waals surface area contributed by atoms with Crippen molar-refractivity contribution >= 4 is 11.6 Å². The smallest absolute Gasteiger partial charge is 0.253 e. The Labute approximate surface area is 154 Å². The van der Waals surface area contributed by atoms with Crippen molar-refractivity contribution in [2.45, 2.75) is 32.8 Å². The van der Waals surface area contributed by atoms with Crippen molar-refractivity contribution in [1.82, 2.24) is 15.1 Å². The van der Waals surface area contributed by atoms with Gasteiger partial charge in [0.1, 0.15) is 6.10 Å². The number of benzene rings is 1. The number of carbonyl (C=O) groups is 1. The third-order valence-electron chi connectivity index (χ3n) is 4.74. The third-order valence-corrected chi connectivity index (χ3v) is 4.74. The maximum Gasteiger partial charge on any atom is 0.253 e. The third kappa shape index (κ3) is 4.31. The quantitative estimate of drug-likeness (QED) is 0.798. The molecule has 0 bridgehead atoms. The Balaban J connectivity index is 1.63. The van der Waals surface area contributed by atoms with Crippen molar-refractivity contribution < 1.29 is 9.53 Å². The van der Waals surface area contributed by atoms with Gasteiger partial charge in [0.15, 0.2) is 0 Å². The van der Waals surface area contributed by atoms with Crippen LogP contribution in [-0.2, 0) is 0 Å². The van der Waals surface area contributed by atoms with Gasteiger partial charge in [0.25, 0.3) is 5.91 Å². The molecule has 1 fully saturated rings. The Morgan fingerprint density at radius 1 is 1.23 bits per heavy atom. The number of hydrogen-bond donors (Lipinski definition) is 0. The Bertz CT molecular complexity index is 702. The van der Waals surface area contributed by atoms with Gasteiger partial charge in [-0.05, 0) is 57.0 Å². The molecular formula is C20H26N4O2. The van der Waals surface area contributed by atoms with Crippen LogP contribution in [0.25, 0.3) is 0 Å². The lowest BCUT2D eigenvalue weighted by Gasteiger charge is -2.32. The summed E-state index contributed by atoms with van der Waals surface area (Å²) in [5.41, 5.74) is 1.87. The zero-order chi connectivity index (χ0) is 18.4. The highest BCUT2D eigenvalue weighted by Gasteiger charge is 2.26. The van der Waals surface area contributed by atoms with E-state index in [-0.39, 0.29) is 12.0 Å². The SMILES string of the molecule is CCN(CC)c1ccc(C(=O)N2CCCC(Oc3cccnn3)C2)cc1. The van der Waals surface area contributed by atoms with E-state index in [2.05, 4.69) is 28.9 Å². The van der Waals surface area contributed by atoms with Gasteiger partial charge in [0.05, 0.1) is 6.54 Å². The molecule has 138 valence electrons. The van der Waals surface area contributed by atoms with E-state index in [1.807, 2.05) is 29.2 Å². The van der Waals surface area contributed by atoms with Gasteiger partial charge in [-0.25, -0.2) is 0 Å². The molecule has 0 aliphatic carbocycles. The number of nitrogens with zero attached hydrogens (tertiary/aromatic N) is 4. The number of aromatic nitrogens is 2. The second kappa shape index (κ2) is 8.65. The summed E-state index contributed by atoms with van der Waals surface area (Å²) in [6.45, 7) is 7.51. The van der Waals surface area contributed by atoms with Crippen LogP contribution in [0.4, 0.5) is 5.69 Å². The van der Waals surface area contributed by atoms with Crippen molar-refractivity contribution in [2.24, 2.45) is 0 Å². The largest absolute Gasteiger partial charge is 0.471 e. The van der Waals surface area contributed by atoms with E-state index < -0.39 is 0 Å². The molecule has 26 heavy (non-hydrogen) atoms. The van der Waals surface area contributed by atoms with E-state index in [9.17, 15) is 4.79 Å². The molecule has 0 N–H and O–H groups in total. The molecule has 2 heterocycles. The molecule has 1 aromatic carbocycles. The number of hydrogen-bond acceptors (Lipinski definition) is 5. The fourth-order valence-electron chi connectivity index (χ4n) is 3.33. The topological polar surface area (TPSA) is 58.6 Å². The highest BCUT2D eigenvalue weighted by atomic mass is 16.5. The van der Waals surface area contributed by atoms with Crippen LogP contribution in [0.15, 0.2) is 42.6 Å². The number of ether oxygens (including phenoxy) is 1. The summed E-state index contributed by atoms with van der Waals surface area (Å²) in [5, 5.41) is 7.79. The van der Waals surface area contributed by atoms with E-state index in [1.165, 1.54) is 0 Å². The molecular weight excluding hydrogens is 328 g/mol. The van der Waals surface area contributed by atoms with E-state index in [0.29, 0.717) is 12.4 Å². The molecule has 3 rings (SSSR count). The van der Waals surface area contributed by atoms with Crippen LogP contribution in [0, 0.1) is 0 Å². The lowest BCUT2D eigenvalue weighted by atomic mass is 10.1. The first-order valence-corrected chi connectivity index (χ1v) is 9.30. The van der Waals surface area contributed by atoms with Gasteiger partial charge in [-0.2, -0.15) is 5.10 Å². The Morgan fingerprint density at radius 2 is 2.00 bits per heavy atom. The maximum atomic E-state index is 12.8. The second-order valence-corrected chi connectivity index (χ2v) is 6.41. The van der Waals surface area contributed by atoms with Crippen LogP contribution < -0.4 is 9.64 Å². The predicted molar refractivity (Wildman–Crippen MR) is 102 cm³/mol. The molecule has 1 amide bonds. The van der Waals surface area contributed by atoms with E-state index >= 15 is 0 Å². The standard InChI is InChI=1S/C20H26N4O2/c1-3-23(4-2)17-11-9-16(10-12-17)20(25)24-14-6-7-18(15-24)26-19-8-5-13-21-22-19/h5,8-13,18H,3-4,6-7,14-15H2,1-2H3. The normalized spacial score (nSPS) is 17.0. The summed E-state index contributed by atoms with van der Waals surface area (Å²) in [6, 6.07) is 11.5. The Hall–Kier alpha value is -2.63. The first kappa shape index (κ1) is 18.2. The highest BCUT2D eigenvalue weighted by Crippen LogP contribution is 2.20. The average molecular weight is 354 g/mol. The molecule has 2 aromatic rings. The highest BCUT2D eigenvalue weighted by molar-refractivity contribution is 5.94. The van der Waals surface area contributed by atoms with Crippen LogP contribution >= 0.6 is 0 Å². The van der Waals surface area contributed by atoms with Crippen molar-refractivity contribution in [3.8, 4) is 5.88 Å². The van der Waals surface area contributed by atoms with Crippen LogP contribution in [0.2, 0.25) is 0 Å².